The highest BCUT2D eigenvalue weighted by Gasteiger charge is 2.40. The van der Waals surface area contributed by atoms with Crippen molar-refractivity contribution < 1.29 is 14.4 Å². The normalized spacial score (nSPS) is 19.2. The number of nitrogens with one attached hydrogen (secondary N) is 3. The molecule has 0 radical (unpaired) electrons. The van der Waals surface area contributed by atoms with Crippen LogP contribution in [0.3, 0.4) is 0 Å². The van der Waals surface area contributed by atoms with E-state index in [-0.39, 0.29) is 23.4 Å². The zero-order chi connectivity index (χ0) is 24.7. The number of carbonyl (C=O) groups is 3. The minimum atomic E-state index is -0.722. The first-order chi connectivity index (χ1) is 14.7. The lowest BCUT2D eigenvalue weighted by molar-refractivity contribution is -0.138. The summed E-state index contributed by atoms with van der Waals surface area (Å²) >= 11 is 4.45. The van der Waals surface area contributed by atoms with Crippen LogP contribution in [0.15, 0.2) is 0 Å². The maximum absolute atomic E-state index is 13.2. The van der Waals surface area contributed by atoms with Gasteiger partial charge in [0, 0.05) is 38.3 Å². The number of aldehydes is 1. The topological polar surface area (TPSA) is 93.8 Å². The molecule has 0 aromatic rings. The summed E-state index contributed by atoms with van der Waals surface area (Å²) in [5, 5.41) is 9.36. The van der Waals surface area contributed by atoms with Crippen LogP contribution in [0.5, 0.6) is 0 Å². The van der Waals surface area contributed by atoms with Crippen molar-refractivity contribution >= 4 is 31.0 Å². The van der Waals surface area contributed by atoms with Gasteiger partial charge < -0.3 is 25.6 Å². The van der Waals surface area contributed by atoms with Gasteiger partial charge in [-0.25, -0.2) is 9.10 Å². The predicted molar refractivity (Wildman–Crippen MR) is 133 cm³/mol. The standard InChI is InChI=1S/C23H45N5O3S/c1-16(2)28(32)13-11-24-14-18(22(3,4)5)25-21(31)26-19(23(6,7)8)20(30)27-12-9-10-17(27)15-29/h15-19,24,32H,9-14H2,1-8H3,(H2,25,26,31). The van der Waals surface area contributed by atoms with Crippen LogP contribution < -0.4 is 16.0 Å². The molecule has 1 fully saturated rings. The summed E-state index contributed by atoms with van der Waals surface area (Å²) in [7, 11) is 0. The second kappa shape index (κ2) is 12.2. The van der Waals surface area contributed by atoms with Gasteiger partial charge in [-0.05, 0) is 37.5 Å². The quantitative estimate of drug-likeness (QED) is 0.223. The van der Waals surface area contributed by atoms with E-state index in [4.69, 9.17) is 0 Å². The summed E-state index contributed by atoms with van der Waals surface area (Å²) in [5.74, 6) is -0.199. The molecule has 1 heterocycles. The highest BCUT2D eigenvalue weighted by molar-refractivity contribution is 7.77. The summed E-state index contributed by atoms with van der Waals surface area (Å²) in [6.45, 7) is 18.8. The summed E-state index contributed by atoms with van der Waals surface area (Å²) in [6.07, 6.45) is 2.31. The number of urea groups is 1. The SMILES string of the molecule is CC(C)N(S)CCNCC(NC(=O)NC(C(=O)N1CCCC1C=O)C(C)(C)C)C(C)(C)C. The van der Waals surface area contributed by atoms with E-state index in [0.29, 0.717) is 25.6 Å². The van der Waals surface area contributed by atoms with Crippen molar-refractivity contribution in [3.05, 3.63) is 0 Å². The highest BCUT2D eigenvalue weighted by atomic mass is 32.1. The first-order valence-corrected chi connectivity index (χ1v) is 12.1. The van der Waals surface area contributed by atoms with E-state index in [1.165, 1.54) is 0 Å². The monoisotopic (exact) mass is 471 g/mol. The Hall–Kier alpha value is -1.32. The Kier molecular flexibility index (Phi) is 11.0. The number of amides is 3. The van der Waals surface area contributed by atoms with Gasteiger partial charge in [0.1, 0.15) is 12.3 Å². The fourth-order valence-corrected chi connectivity index (χ4v) is 3.72. The second-order valence-electron chi connectivity index (χ2n) is 11.2. The molecule has 0 bridgehead atoms. The van der Waals surface area contributed by atoms with Crippen LogP contribution in [-0.2, 0) is 9.59 Å². The van der Waals surface area contributed by atoms with Gasteiger partial charge in [0.05, 0.1) is 6.04 Å². The maximum Gasteiger partial charge on any atom is 0.315 e. The zero-order valence-corrected chi connectivity index (χ0v) is 22.1. The van der Waals surface area contributed by atoms with Gasteiger partial charge in [-0.3, -0.25) is 4.79 Å². The minimum Gasteiger partial charge on any atom is -0.334 e. The molecular formula is C23H45N5O3S. The number of hydrogen-bond acceptors (Lipinski definition) is 6. The Morgan fingerprint density at radius 1 is 1.12 bits per heavy atom. The lowest BCUT2D eigenvalue weighted by atomic mass is 9.85. The number of thiol groups is 1. The van der Waals surface area contributed by atoms with Crippen LogP contribution in [0.25, 0.3) is 0 Å². The molecule has 3 N–H and O–H groups in total. The Labute approximate surface area is 200 Å². The van der Waals surface area contributed by atoms with Gasteiger partial charge in [-0.1, -0.05) is 54.4 Å². The van der Waals surface area contributed by atoms with Crippen molar-refractivity contribution in [3.63, 3.8) is 0 Å². The molecule has 32 heavy (non-hydrogen) atoms. The van der Waals surface area contributed by atoms with E-state index in [2.05, 4.69) is 63.4 Å². The molecule has 9 heteroatoms. The summed E-state index contributed by atoms with van der Waals surface area (Å²) in [4.78, 5) is 39.1. The molecule has 3 atom stereocenters. The van der Waals surface area contributed by atoms with Crippen LogP contribution in [0.2, 0.25) is 0 Å². The molecule has 0 saturated carbocycles. The molecular weight excluding hydrogens is 426 g/mol. The lowest BCUT2D eigenvalue weighted by Crippen LogP contribution is -2.60. The highest BCUT2D eigenvalue weighted by Crippen LogP contribution is 2.25. The summed E-state index contributed by atoms with van der Waals surface area (Å²) < 4.78 is 1.96. The summed E-state index contributed by atoms with van der Waals surface area (Å²) in [6, 6.07) is -1.29. The van der Waals surface area contributed by atoms with Crippen LogP contribution in [0.1, 0.15) is 68.2 Å². The third kappa shape index (κ3) is 8.90. The Bertz CT molecular complexity index is 630. The molecule has 8 nitrogen and oxygen atoms in total. The largest absolute Gasteiger partial charge is 0.334 e. The van der Waals surface area contributed by atoms with E-state index in [9.17, 15) is 14.4 Å². The first-order valence-electron chi connectivity index (χ1n) is 11.7. The van der Waals surface area contributed by atoms with Crippen molar-refractivity contribution in [2.75, 3.05) is 26.2 Å². The third-order valence-corrected chi connectivity index (χ3v) is 6.60. The van der Waals surface area contributed by atoms with Gasteiger partial charge in [-0.15, -0.1) is 0 Å². The van der Waals surface area contributed by atoms with E-state index in [0.717, 1.165) is 25.8 Å². The van der Waals surface area contributed by atoms with Crippen molar-refractivity contribution in [1.29, 1.82) is 0 Å². The minimum absolute atomic E-state index is 0.139. The molecule has 0 aliphatic carbocycles. The van der Waals surface area contributed by atoms with E-state index >= 15 is 0 Å². The predicted octanol–water partition coefficient (Wildman–Crippen LogP) is 2.45. The number of rotatable bonds is 10. The molecule has 0 spiro atoms. The van der Waals surface area contributed by atoms with Crippen molar-refractivity contribution in [2.24, 2.45) is 10.8 Å². The maximum atomic E-state index is 13.2. The molecule has 1 saturated heterocycles. The molecule has 1 rings (SSSR count). The molecule has 186 valence electrons. The smallest absolute Gasteiger partial charge is 0.315 e. The second-order valence-corrected chi connectivity index (χ2v) is 11.7. The van der Waals surface area contributed by atoms with E-state index in [1.54, 1.807) is 4.90 Å². The van der Waals surface area contributed by atoms with Crippen LogP contribution in [-0.4, -0.2) is 77.8 Å². The van der Waals surface area contributed by atoms with Crippen molar-refractivity contribution in [1.82, 2.24) is 25.2 Å². The van der Waals surface area contributed by atoms with E-state index in [1.807, 2.05) is 25.1 Å². The fraction of sp³-hybridized carbons (Fsp3) is 0.870. The molecule has 0 aromatic heterocycles. The number of nitrogens with zero attached hydrogens (tertiary/aromatic N) is 2. The van der Waals surface area contributed by atoms with Crippen LogP contribution in [0.4, 0.5) is 4.79 Å². The summed E-state index contributed by atoms with van der Waals surface area (Å²) in [5.41, 5.74) is -0.672. The van der Waals surface area contributed by atoms with Gasteiger partial charge in [0.15, 0.2) is 0 Å². The Balaban J connectivity index is 2.78. The molecule has 0 aromatic carbocycles. The van der Waals surface area contributed by atoms with Gasteiger partial charge in [-0.2, -0.15) is 0 Å². The van der Waals surface area contributed by atoms with Crippen LogP contribution >= 0.6 is 12.8 Å². The number of hydrogen-bond donors (Lipinski definition) is 4. The average molecular weight is 472 g/mol. The van der Waals surface area contributed by atoms with Gasteiger partial charge in [0.25, 0.3) is 0 Å². The first kappa shape index (κ1) is 28.7. The fourth-order valence-electron chi connectivity index (χ4n) is 3.62. The van der Waals surface area contributed by atoms with Crippen molar-refractivity contribution in [2.45, 2.75) is 92.4 Å². The van der Waals surface area contributed by atoms with E-state index < -0.39 is 17.5 Å². The zero-order valence-electron chi connectivity index (χ0n) is 21.2. The van der Waals surface area contributed by atoms with Crippen LogP contribution in [0, 0.1) is 10.8 Å². The lowest BCUT2D eigenvalue weighted by Gasteiger charge is -2.36. The third-order valence-electron chi connectivity index (χ3n) is 5.94. The molecule has 3 unspecified atom stereocenters. The Morgan fingerprint density at radius 3 is 2.25 bits per heavy atom. The Morgan fingerprint density at radius 2 is 1.75 bits per heavy atom. The molecule has 1 aliphatic rings. The number of likely N-dealkylation sites (tertiary alicyclic amines) is 1. The van der Waals surface area contributed by atoms with Crippen molar-refractivity contribution in [3.8, 4) is 0 Å². The van der Waals surface area contributed by atoms with Gasteiger partial charge >= 0.3 is 6.03 Å². The number of carbonyl (C=O) groups excluding carboxylic acids is 3. The van der Waals surface area contributed by atoms with Gasteiger partial charge in [0.2, 0.25) is 5.91 Å². The molecule has 1 aliphatic heterocycles. The molecule has 3 amide bonds. The average Bonchev–Trinajstić information content (AvgIpc) is 3.14.